The number of nitrogens with zero attached hydrogens (tertiary/aromatic N) is 1. The highest BCUT2D eigenvalue weighted by atomic mass is 32.2. The summed E-state index contributed by atoms with van der Waals surface area (Å²) in [6.45, 7) is 1.73. The first kappa shape index (κ1) is 11.3. The summed E-state index contributed by atoms with van der Waals surface area (Å²) in [5, 5.41) is 0. The third-order valence-corrected chi connectivity index (χ3v) is 4.19. The van der Waals surface area contributed by atoms with Crippen LogP contribution in [-0.2, 0) is 19.5 Å². The molecule has 0 aliphatic carbocycles. The minimum atomic E-state index is -3.14. The minimum Gasteiger partial charge on any atom is -0.349 e. The highest BCUT2D eigenvalue weighted by Crippen LogP contribution is 2.26. The van der Waals surface area contributed by atoms with Crippen LogP contribution in [0.5, 0.6) is 0 Å². The molecule has 0 aromatic heterocycles. The van der Waals surface area contributed by atoms with Crippen LogP contribution in [0.4, 0.5) is 0 Å². The summed E-state index contributed by atoms with van der Waals surface area (Å²) < 4.78 is 35.4. The van der Waals surface area contributed by atoms with Gasteiger partial charge < -0.3 is 9.47 Å². The Morgan fingerprint density at radius 1 is 1.20 bits per heavy atom. The molecule has 6 heteroatoms. The second kappa shape index (κ2) is 4.37. The Morgan fingerprint density at radius 2 is 1.87 bits per heavy atom. The molecule has 0 aromatic rings. The van der Waals surface area contributed by atoms with Gasteiger partial charge in [-0.05, 0) is 12.8 Å². The molecule has 2 fully saturated rings. The zero-order valence-electron chi connectivity index (χ0n) is 8.89. The fourth-order valence-corrected chi connectivity index (χ4v) is 3.37. The van der Waals surface area contributed by atoms with Gasteiger partial charge in [0.15, 0.2) is 6.29 Å². The third-order valence-electron chi connectivity index (χ3n) is 2.89. The number of ether oxygens (including phenoxy) is 2. The maximum atomic E-state index is 11.6. The number of hydrogen-bond donors (Lipinski definition) is 0. The van der Waals surface area contributed by atoms with Crippen LogP contribution in [0.3, 0.4) is 0 Å². The summed E-state index contributed by atoms with van der Waals surface area (Å²) >= 11 is 0. The van der Waals surface area contributed by atoms with E-state index in [-0.39, 0.29) is 12.3 Å². The molecule has 0 N–H and O–H groups in total. The molecule has 0 spiro atoms. The lowest BCUT2D eigenvalue weighted by Crippen LogP contribution is -2.49. The molecule has 2 aliphatic rings. The number of piperidine rings is 1. The molecule has 2 heterocycles. The van der Waals surface area contributed by atoms with Crippen molar-refractivity contribution in [2.75, 3.05) is 26.0 Å². The van der Waals surface area contributed by atoms with Gasteiger partial charge in [0.25, 0.3) is 0 Å². The summed E-state index contributed by atoms with van der Waals surface area (Å²) in [4.78, 5) is 0. The molecular weight excluding hydrogens is 218 g/mol. The van der Waals surface area contributed by atoms with E-state index in [0.29, 0.717) is 19.8 Å². The number of sulfonamides is 1. The van der Waals surface area contributed by atoms with Gasteiger partial charge in [-0.15, -0.1) is 0 Å². The maximum Gasteiger partial charge on any atom is 0.211 e. The summed E-state index contributed by atoms with van der Waals surface area (Å²) in [5.74, 6) is 0. The maximum absolute atomic E-state index is 11.6. The second-order valence-corrected chi connectivity index (χ2v) is 5.98. The molecule has 0 radical (unpaired) electrons. The predicted octanol–water partition coefficient (Wildman–Crippen LogP) is 0.173. The van der Waals surface area contributed by atoms with Gasteiger partial charge >= 0.3 is 0 Å². The van der Waals surface area contributed by atoms with Gasteiger partial charge in [0.05, 0.1) is 25.5 Å². The van der Waals surface area contributed by atoms with E-state index in [4.69, 9.17) is 9.47 Å². The van der Waals surface area contributed by atoms with Crippen LogP contribution in [0.2, 0.25) is 0 Å². The molecule has 0 bridgehead atoms. The highest BCUT2D eigenvalue weighted by Gasteiger charge is 2.37. The van der Waals surface area contributed by atoms with Crippen molar-refractivity contribution < 1.29 is 17.9 Å². The van der Waals surface area contributed by atoms with Crippen molar-refractivity contribution in [2.24, 2.45) is 0 Å². The molecule has 2 rings (SSSR count). The van der Waals surface area contributed by atoms with Gasteiger partial charge in [0.1, 0.15) is 0 Å². The van der Waals surface area contributed by atoms with Crippen LogP contribution >= 0.6 is 0 Å². The Labute approximate surface area is 90.4 Å². The highest BCUT2D eigenvalue weighted by molar-refractivity contribution is 7.88. The van der Waals surface area contributed by atoms with Crippen molar-refractivity contribution >= 4 is 10.0 Å². The monoisotopic (exact) mass is 235 g/mol. The molecular formula is C9H17NO4S. The van der Waals surface area contributed by atoms with E-state index in [0.717, 1.165) is 19.3 Å². The zero-order chi connectivity index (χ0) is 10.9. The minimum absolute atomic E-state index is 0.128. The van der Waals surface area contributed by atoms with Gasteiger partial charge in [-0.3, -0.25) is 0 Å². The Balaban J connectivity index is 2.12. The fraction of sp³-hybridized carbons (Fsp3) is 1.00. The Kier molecular flexibility index (Phi) is 3.30. The third kappa shape index (κ3) is 2.50. The van der Waals surface area contributed by atoms with Crippen LogP contribution in [0.1, 0.15) is 19.3 Å². The van der Waals surface area contributed by atoms with Gasteiger partial charge in [-0.2, -0.15) is 4.31 Å². The first-order valence-electron chi connectivity index (χ1n) is 5.29. The van der Waals surface area contributed by atoms with Crippen molar-refractivity contribution in [1.29, 1.82) is 0 Å². The average molecular weight is 235 g/mol. The molecule has 2 aliphatic heterocycles. The molecule has 0 unspecified atom stereocenters. The van der Waals surface area contributed by atoms with E-state index < -0.39 is 10.0 Å². The predicted molar refractivity (Wildman–Crippen MR) is 54.9 cm³/mol. The fourth-order valence-electron chi connectivity index (χ4n) is 2.21. The lowest BCUT2D eigenvalue weighted by atomic mass is 10.0. The Hall–Kier alpha value is -0.170. The van der Waals surface area contributed by atoms with Gasteiger partial charge in [-0.25, -0.2) is 8.42 Å². The normalized spacial score (nSPS) is 30.9. The summed E-state index contributed by atoms with van der Waals surface area (Å²) in [6, 6.07) is -0.128. The number of rotatable bonds is 2. The molecule has 5 nitrogen and oxygen atoms in total. The molecule has 0 saturated carbocycles. The van der Waals surface area contributed by atoms with Gasteiger partial charge in [-0.1, -0.05) is 6.42 Å². The first-order valence-corrected chi connectivity index (χ1v) is 7.14. The zero-order valence-corrected chi connectivity index (χ0v) is 9.70. The first-order chi connectivity index (χ1) is 7.09. The van der Waals surface area contributed by atoms with E-state index >= 15 is 0 Å². The topological polar surface area (TPSA) is 55.8 Å². The van der Waals surface area contributed by atoms with Crippen LogP contribution in [-0.4, -0.2) is 51.1 Å². The Morgan fingerprint density at radius 3 is 2.47 bits per heavy atom. The van der Waals surface area contributed by atoms with Crippen LogP contribution < -0.4 is 0 Å². The van der Waals surface area contributed by atoms with Crippen molar-refractivity contribution in [2.45, 2.75) is 31.6 Å². The average Bonchev–Trinajstić information content (AvgIpc) is 2.69. The van der Waals surface area contributed by atoms with Crippen molar-refractivity contribution in [3.8, 4) is 0 Å². The largest absolute Gasteiger partial charge is 0.349 e. The van der Waals surface area contributed by atoms with Crippen molar-refractivity contribution in [3.63, 3.8) is 0 Å². The van der Waals surface area contributed by atoms with E-state index in [9.17, 15) is 8.42 Å². The lowest BCUT2D eigenvalue weighted by molar-refractivity contribution is -0.0912. The van der Waals surface area contributed by atoms with Crippen molar-refractivity contribution in [1.82, 2.24) is 4.31 Å². The van der Waals surface area contributed by atoms with Crippen LogP contribution in [0.15, 0.2) is 0 Å². The molecule has 0 aromatic carbocycles. The summed E-state index contributed by atoms with van der Waals surface area (Å²) in [6.07, 6.45) is 3.69. The molecule has 1 atom stereocenters. The van der Waals surface area contributed by atoms with Crippen molar-refractivity contribution in [3.05, 3.63) is 0 Å². The summed E-state index contributed by atoms with van der Waals surface area (Å²) in [5.41, 5.74) is 0. The van der Waals surface area contributed by atoms with E-state index in [1.165, 1.54) is 10.6 Å². The van der Waals surface area contributed by atoms with E-state index in [1.807, 2.05) is 0 Å². The quantitative estimate of drug-likeness (QED) is 0.685. The molecule has 15 heavy (non-hydrogen) atoms. The van der Waals surface area contributed by atoms with Gasteiger partial charge in [0, 0.05) is 6.54 Å². The molecule has 88 valence electrons. The van der Waals surface area contributed by atoms with E-state index in [2.05, 4.69) is 0 Å². The molecule has 0 amide bonds. The number of hydrogen-bond acceptors (Lipinski definition) is 4. The lowest BCUT2D eigenvalue weighted by Gasteiger charge is -2.35. The second-order valence-electron chi connectivity index (χ2n) is 4.05. The molecule has 2 saturated heterocycles. The van der Waals surface area contributed by atoms with Gasteiger partial charge in [0.2, 0.25) is 10.0 Å². The standard InChI is InChI=1S/C9H17NO4S/c1-15(11,12)10-5-3-2-4-8(10)9-13-6-7-14-9/h8-9H,2-7H2,1H3/t8-/m0/s1. The van der Waals surface area contributed by atoms with E-state index in [1.54, 1.807) is 0 Å². The Bertz CT molecular complexity index is 310. The summed E-state index contributed by atoms with van der Waals surface area (Å²) in [7, 11) is -3.14. The van der Waals surface area contributed by atoms with Crippen LogP contribution in [0.25, 0.3) is 0 Å². The van der Waals surface area contributed by atoms with Crippen LogP contribution in [0, 0.1) is 0 Å². The smallest absolute Gasteiger partial charge is 0.211 e. The SMILES string of the molecule is CS(=O)(=O)N1CCCC[C@H]1C1OCCO1.